The zero-order valence-corrected chi connectivity index (χ0v) is 7.04. The Bertz CT molecular complexity index is 196. The van der Waals surface area contributed by atoms with Gasteiger partial charge >= 0.3 is 0 Å². The van der Waals surface area contributed by atoms with Gasteiger partial charge in [-0.25, -0.2) is 0 Å². The van der Waals surface area contributed by atoms with Crippen LogP contribution in [-0.2, 0) is 0 Å². The monoisotopic (exact) mass is 154 g/mol. The van der Waals surface area contributed by atoms with Crippen molar-refractivity contribution in [2.24, 2.45) is 5.16 Å². The Morgan fingerprint density at radius 2 is 2.45 bits per heavy atom. The van der Waals surface area contributed by atoms with E-state index in [1.54, 1.807) is 0 Å². The first-order chi connectivity index (χ1) is 5.24. The minimum absolute atomic E-state index is 0.748. The van der Waals surface area contributed by atoms with Crippen LogP contribution in [0.2, 0.25) is 0 Å². The average Bonchev–Trinajstić information content (AvgIpc) is 2.05. The predicted molar refractivity (Wildman–Crippen MR) is 45.1 cm³/mol. The van der Waals surface area contributed by atoms with Crippen molar-refractivity contribution in [3.63, 3.8) is 0 Å². The fraction of sp³-hybridized carbons (Fsp3) is 0.625. The van der Waals surface area contributed by atoms with Crippen LogP contribution in [0.1, 0.15) is 13.3 Å². The van der Waals surface area contributed by atoms with E-state index in [-0.39, 0.29) is 0 Å². The first kappa shape index (κ1) is 8.27. The summed E-state index contributed by atoms with van der Waals surface area (Å²) in [4.78, 5) is 2.23. The number of oxime groups is 1. The van der Waals surface area contributed by atoms with Gasteiger partial charge < -0.3 is 10.1 Å². The van der Waals surface area contributed by atoms with E-state index in [9.17, 15) is 0 Å². The Morgan fingerprint density at radius 3 is 2.91 bits per heavy atom. The van der Waals surface area contributed by atoms with Gasteiger partial charge in [0.1, 0.15) is 0 Å². The maximum Gasteiger partial charge on any atom is 0.0794 e. The average molecular weight is 154 g/mol. The molecule has 0 aromatic carbocycles. The fourth-order valence-corrected chi connectivity index (χ4v) is 1.16. The minimum atomic E-state index is 0.748. The van der Waals surface area contributed by atoms with E-state index in [2.05, 4.69) is 23.2 Å². The van der Waals surface area contributed by atoms with E-state index in [4.69, 9.17) is 5.21 Å². The lowest BCUT2D eigenvalue weighted by atomic mass is 10.0. The standard InChI is InChI=1S/C8H14N2O/c1-7(9-11)8-3-5-10(2)6-4-8/h3,11H,4-6H2,1-2H3. The van der Waals surface area contributed by atoms with Crippen molar-refractivity contribution in [2.45, 2.75) is 13.3 Å². The molecule has 62 valence electrons. The molecule has 0 fully saturated rings. The molecule has 1 N–H and O–H groups in total. The molecule has 11 heavy (non-hydrogen) atoms. The topological polar surface area (TPSA) is 35.8 Å². The van der Waals surface area contributed by atoms with Crippen molar-refractivity contribution in [3.8, 4) is 0 Å². The Morgan fingerprint density at radius 1 is 1.73 bits per heavy atom. The normalized spacial score (nSPS) is 21.6. The van der Waals surface area contributed by atoms with Crippen molar-refractivity contribution >= 4 is 5.71 Å². The van der Waals surface area contributed by atoms with Crippen LogP contribution in [0, 0.1) is 0 Å². The zero-order chi connectivity index (χ0) is 8.27. The Kier molecular flexibility index (Phi) is 2.65. The lowest BCUT2D eigenvalue weighted by Crippen LogP contribution is -2.25. The van der Waals surface area contributed by atoms with Gasteiger partial charge in [0.15, 0.2) is 0 Å². The Labute approximate surface area is 67.0 Å². The number of hydrogen-bond donors (Lipinski definition) is 1. The summed E-state index contributed by atoms with van der Waals surface area (Å²) in [7, 11) is 2.08. The zero-order valence-electron chi connectivity index (χ0n) is 7.04. The highest BCUT2D eigenvalue weighted by Gasteiger charge is 2.09. The largest absolute Gasteiger partial charge is 0.411 e. The second-order valence-electron chi connectivity index (χ2n) is 2.93. The number of hydrogen-bond acceptors (Lipinski definition) is 3. The maximum atomic E-state index is 8.49. The lowest BCUT2D eigenvalue weighted by Gasteiger charge is -2.21. The van der Waals surface area contributed by atoms with Crippen LogP contribution in [-0.4, -0.2) is 36.0 Å². The summed E-state index contributed by atoms with van der Waals surface area (Å²) in [6.45, 7) is 3.85. The molecule has 0 bridgehead atoms. The molecule has 0 amide bonds. The van der Waals surface area contributed by atoms with Crippen LogP contribution < -0.4 is 0 Å². The molecule has 0 atom stereocenters. The fourth-order valence-electron chi connectivity index (χ4n) is 1.16. The maximum absolute atomic E-state index is 8.49. The highest BCUT2D eigenvalue weighted by atomic mass is 16.4. The minimum Gasteiger partial charge on any atom is -0.411 e. The summed E-state index contributed by atoms with van der Waals surface area (Å²) >= 11 is 0. The van der Waals surface area contributed by atoms with Gasteiger partial charge in [0.2, 0.25) is 0 Å². The SMILES string of the molecule is CC(=NO)C1=CCN(C)CC1. The first-order valence-corrected chi connectivity index (χ1v) is 3.80. The van der Waals surface area contributed by atoms with Gasteiger partial charge in [0.05, 0.1) is 5.71 Å². The van der Waals surface area contributed by atoms with E-state index in [0.29, 0.717) is 0 Å². The molecule has 0 saturated heterocycles. The Balaban J connectivity index is 2.61. The molecule has 0 spiro atoms. The smallest absolute Gasteiger partial charge is 0.0794 e. The van der Waals surface area contributed by atoms with Gasteiger partial charge in [0, 0.05) is 13.1 Å². The third kappa shape index (κ3) is 2.05. The van der Waals surface area contributed by atoms with Crippen LogP contribution in [0.25, 0.3) is 0 Å². The first-order valence-electron chi connectivity index (χ1n) is 3.80. The molecule has 3 nitrogen and oxygen atoms in total. The van der Waals surface area contributed by atoms with Crippen molar-refractivity contribution in [1.29, 1.82) is 0 Å². The molecule has 1 aliphatic rings. The third-order valence-corrected chi connectivity index (χ3v) is 2.03. The quantitative estimate of drug-likeness (QED) is 0.349. The predicted octanol–water partition coefficient (Wildman–Crippen LogP) is 1.10. The number of nitrogens with zero attached hydrogens (tertiary/aromatic N) is 2. The second-order valence-corrected chi connectivity index (χ2v) is 2.93. The molecule has 1 aliphatic heterocycles. The molecule has 0 aromatic rings. The third-order valence-electron chi connectivity index (χ3n) is 2.03. The molecule has 0 aliphatic carbocycles. The summed E-state index contributed by atoms with van der Waals surface area (Å²) in [6.07, 6.45) is 3.10. The van der Waals surface area contributed by atoms with E-state index in [0.717, 1.165) is 25.2 Å². The van der Waals surface area contributed by atoms with Crippen LogP contribution in [0.15, 0.2) is 16.8 Å². The summed E-state index contributed by atoms with van der Waals surface area (Å²) < 4.78 is 0. The molecule has 0 aromatic heterocycles. The molecule has 0 radical (unpaired) electrons. The van der Waals surface area contributed by atoms with Crippen LogP contribution in [0.4, 0.5) is 0 Å². The van der Waals surface area contributed by atoms with Crippen molar-refractivity contribution < 1.29 is 5.21 Å². The van der Waals surface area contributed by atoms with E-state index < -0.39 is 0 Å². The van der Waals surface area contributed by atoms with Crippen LogP contribution in [0.3, 0.4) is 0 Å². The molecule has 3 heteroatoms. The van der Waals surface area contributed by atoms with Gasteiger partial charge in [-0.3, -0.25) is 0 Å². The summed E-state index contributed by atoms with van der Waals surface area (Å²) in [5.41, 5.74) is 1.92. The summed E-state index contributed by atoms with van der Waals surface area (Å²) in [5, 5.41) is 11.7. The molecule has 1 rings (SSSR count). The van der Waals surface area contributed by atoms with E-state index in [1.165, 1.54) is 5.57 Å². The highest BCUT2D eigenvalue weighted by Crippen LogP contribution is 2.10. The Hall–Kier alpha value is -0.830. The van der Waals surface area contributed by atoms with Crippen molar-refractivity contribution in [3.05, 3.63) is 11.6 Å². The van der Waals surface area contributed by atoms with E-state index >= 15 is 0 Å². The van der Waals surface area contributed by atoms with Gasteiger partial charge in [-0.05, 0) is 26.0 Å². The van der Waals surface area contributed by atoms with Gasteiger partial charge in [-0.15, -0.1) is 0 Å². The molecular weight excluding hydrogens is 140 g/mol. The lowest BCUT2D eigenvalue weighted by molar-refractivity contribution is 0.317. The van der Waals surface area contributed by atoms with Crippen LogP contribution >= 0.6 is 0 Å². The van der Waals surface area contributed by atoms with E-state index in [1.807, 2.05) is 6.92 Å². The summed E-state index contributed by atoms with van der Waals surface area (Å²) in [5.74, 6) is 0. The summed E-state index contributed by atoms with van der Waals surface area (Å²) in [6, 6.07) is 0. The van der Waals surface area contributed by atoms with Crippen molar-refractivity contribution in [1.82, 2.24) is 4.90 Å². The van der Waals surface area contributed by atoms with Gasteiger partial charge in [-0.1, -0.05) is 11.2 Å². The molecular formula is C8H14N2O. The number of rotatable bonds is 1. The molecule has 0 saturated carbocycles. The van der Waals surface area contributed by atoms with Gasteiger partial charge in [-0.2, -0.15) is 0 Å². The van der Waals surface area contributed by atoms with Crippen LogP contribution in [0.5, 0.6) is 0 Å². The van der Waals surface area contributed by atoms with Crippen molar-refractivity contribution in [2.75, 3.05) is 20.1 Å². The highest BCUT2D eigenvalue weighted by molar-refractivity contribution is 5.97. The second kappa shape index (κ2) is 3.53. The molecule has 1 heterocycles. The van der Waals surface area contributed by atoms with Gasteiger partial charge in [0.25, 0.3) is 0 Å². The molecule has 0 unspecified atom stereocenters. The number of likely N-dealkylation sites (N-methyl/N-ethyl adjacent to an activating group) is 1.